The molecular weight excluding hydrogens is 398 g/mol. The van der Waals surface area contributed by atoms with Crippen molar-refractivity contribution in [2.75, 3.05) is 7.11 Å². The summed E-state index contributed by atoms with van der Waals surface area (Å²) in [5, 5.41) is 11.9. The van der Waals surface area contributed by atoms with Crippen molar-refractivity contribution in [2.45, 2.75) is 6.61 Å². The number of rotatable bonds is 7. The van der Waals surface area contributed by atoms with Gasteiger partial charge in [-0.3, -0.25) is 10.1 Å². The van der Waals surface area contributed by atoms with Crippen LogP contribution in [0.15, 0.2) is 66.7 Å². The second-order valence-corrected chi connectivity index (χ2v) is 6.35. The smallest absolute Gasteiger partial charge is 0.344 e. The quantitative estimate of drug-likeness (QED) is 0.292. The minimum absolute atomic E-state index is 0.143. The van der Waals surface area contributed by atoms with Gasteiger partial charge < -0.3 is 14.2 Å². The first-order valence-electron chi connectivity index (χ1n) is 8.48. The predicted octanol–water partition coefficient (Wildman–Crippen LogP) is 5.41. The lowest BCUT2D eigenvalue weighted by Gasteiger charge is -2.09. The van der Waals surface area contributed by atoms with Crippen molar-refractivity contribution in [2.24, 2.45) is 0 Å². The Morgan fingerprint density at radius 1 is 0.966 bits per heavy atom. The van der Waals surface area contributed by atoms with Gasteiger partial charge in [0.05, 0.1) is 18.1 Å². The molecule has 3 aromatic carbocycles. The van der Waals surface area contributed by atoms with Crippen molar-refractivity contribution >= 4 is 23.3 Å². The van der Waals surface area contributed by atoms with Gasteiger partial charge in [0.2, 0.25) is 0 Å². The zero-order chi connectivity index (χ0) is 20.8. The maximum atomic E-state index is 11.6. The number of hydrogen-bond donors (Lipinski definition) is 0. The molecule has 0 atom stereocenters. The molecule has 0 aliphatic heterocycles. The van der Waals surface area contributed by atoms with E-state index in [0.717, 1.165) is 12.7 Å². The highest BCUT2D eigenvalue weighted by Crippen LogP contribution is 2.29. The Bertz CT molecular complexity index is 1020. The fourth-order valence-corrected chi connectivity index (χ4v) is 2.62. The third-order valence-corrected chi connectivity index (χ3v) is 4.20. The summed E-state index contributed by atoms with van der Waals surface area (Å²) >= 11 is 5.86. The second kappa shape index (κ2) is 9.07. The summed E-state index contributed by atoms with van der Waals surface area (Å²) in [5.74, 6) is 0.535. The summed E-state index contributed by atoms with van der Waals surface area (Å²) in [6, 6.07) is 18.1. The van der Waals surface area contributed by atoms with Crippen LogP contribution < -0.4 is 9.47 Å². The number of hydrogen-bond acceptors (Lipinski definition) is 6. The van der Waals surface area contributed by atoms with Crippen LogP contribution in [0.3, 0.4) is 0 Å². The fraction of sp³-hybridized carbons (Fsp3) is 0.0952. The molecule has 0 aliphatic rings. The van der Waals surface area contributed by atoms with Crippen LogP contribution >= 0.6 is 11.6 Å². The molecule has 7 nitrogen and oxygen atoms in total. The first-order chi connectivity index (χ1) is 14.0. The minimum Gasteiger partial charge on any atom is -0.489 e. The average molecular weight is 414 g/mol. The number of nitro benzene ring substituents is 1. The summed E-state index contributed by atoms with van der Waals surface area (Å²) in [4.78, 5) is 22.2. The van der Waals surface area contributed by atoms with Crippen molar-refractivity contribution in [1.29, 1.82) is 0 Å². The molecule has 0 unspecified atom stereocenters. The van der Waals surface area contributed by atoms with Crippen LogP contribution in [0.2, 0.25) is 5.02 Å². The molecule has 148 valence electrons. The van der Waals surface area contributed by atoms with Crippen LogP contribution in [0.5, 0.6) is 17.2 Å². The Hall–Kier alpha value is -3.58. The van der Waals surface area contributed by atoms with E-state index in [1.807, 2.05) is 12.1 Å². The van der Waals surface area contributed by atoms with E-state index in [1.165, 1.54) is 18.2 Å². The summed E-state index contributed by atoms with van der Waals surface area (Å²) in [7, 11) is 1.16. The standard InChI is InChI=1S/C21H16ClNO6/c1-27-21(24)19-11-10-18(12-20(19)23(25)26)29-17-8-6-16(7-9-17)28-13-14-2-4-15(22)5-3-14/h2-12H,13H2,1H3. The number of halogens is 1. The number of carbonyl (C=O) groups is 1. The number of nitrogens with zero attached hydrogens (tertiary/aromatic N) is 1. The average Bonchev–Trinajstić information content (AvgIpc) is 2.73. The third kappa shape index (κ3) is 5.24. The van der Waals surface area contributed by atoms with E-state index in [0.29, 0.717) is 23.1 Å². The van der Waals surface area contributed by atoms with E-state index in [9.17, 15) is 14.9 Å². The van der Waals surface area contributed by atoms with Gasteiger partial charge in [0.25, 0.3) is 5.69 Å². The monoisotopic (exact) mass is 413 g/mol. The second-order valence-electron chi connectivity index (χ2n) is 5.92. The van der Waals surface area contributed by atoms with Crippen molar-refractivity contribution in [3.05, 3.63) is 93.0 Å². The van der Waals surface area contributed by atoms with E-state index in [4.69, 9.17) is 21.1 Å². The van der Waals surface area contributed by atoms with Crippen LogP contribution in [-0.4, -0.2) is 18.0 Å². The zero-order valence-electron chi connectivity index (χ0n) is 15.3. The Morgan fingerprint density at radius 3 is 2.21 bits per heavy atom. The van der Waals surface area contributed by atoms with Crippen molar-refractivity contribution in [3.63, 3.8) is 0 Å². The highest BCUT2D eigenvalue weighted by Gasteiger charge is 2.22. The zero-order valence-corrected chi connectivity index (χ0v) is 16.1. The van der Waals surface area contributed by atoms with Gasteiger partial charge in [0.1, 0.15) is 29.4 Å². The lowest BCUT2D eigenvalue weighted by Crippen LogP contribution is -2.05. The molecule has 0 radical (unpaired) electrons. The van der Waals surface area contributed by atoms with E-state index >= 15 is 0 Å². The van der Waals surface area contributed by atoms with Crippen LogP contribution in [0, 0.1) is 10.1 Å². The van der Waals surface area contributed by atoms with Gasteiger partial charge in [0, 0.05) is 5.02 Å². The molecule has 0 spiro atoms. The molecule has 3 rings (SSSR count). The highest BCUT2D eigenvalue weighted by atomic mass is 35.5. The molecule has 0 heterocycles. The SMILES string of the molecule is COC(=O)c1ccc(Oc2ccc(OCc3ccc(Cl)cc3)cc2)cc1[N+](=O)[O-]. The van der Waals surface area contributed by atoms with Gasteiger partial charge >= 0.3 is 5.97 Å². The Morgan fingerprint density at radius 2 is 1.59 bits per heavy atom. The highest BCUT2D eigenvalue weighted by molar-refractivity contribution is 6.30. The van der Waals surface area contributed by atoms with Crippen molar-refractivity contribution in [3.8, 4) is 17.2 Å². The summed E-state index contributed by atoms with van der Waals surface area (Å²) < 4.78 is 15.9. The van der Waals surface area contributed by atoms with E-state index in [1.54, 1.807) is 36.4 Å². The van der Waals surface area contributed by atoms with E-state index in [2.05, 4.69) is 4.74 Å². The number of esters is 1. The molecule has 8 heteroatoms. The molecule has 0 saturated heterocycles. The summed E-state index contributed by atoms with van der Waals surface area (Å²) in [5.41, 5.74) is 0.445. The van der Waals surface area contributed by atoms with Gasteiger partial charge in [-0.25, -0.2) is 4.79 Å². The third-order valence-electron chi connectivity index (χ3n) is 3.95. The number of methoxy groups -OCH3 is 1. The summed E-state index contributed by atoms with van der Waals surface area (Å²) in [6.07, 6.45) is 0. The fourth-order valence-electron chi connectivity index (χ4n) is 2.50. The Kier molecular flexibility index (Phi) is 6.31. The number of carbonyl (C=O) groups excluding carboxylic acids is 1. The Balaban J connectivity index is 1.67. The number of ether oxygens (including phenoxy) is 3. The lowest BCUT2D eigenvalue weighted by atomic mass is 10.1. The first-order valence-corrected chi connectivity index (χ1v) is 8.86. The van der Waals surface area contributed by atoms with Gasteiger partial charge in [-0.05, 0) is 54.1 Å². The molecule has 0 fully saturated rings. The number of benzene rings is 3. The molecule has 29 heavy (non-hydrogen) atoms. The maximum Gasteiger partial charge on any atom is 0.344 e. The topological polar surface area (TPSA) is 87.9 Å². The van der Waals surface area contributed by atoms with Crippen LogP contribution in [0.4, 0.5) is 5.69 Å². The molecule has 0 amide bonds. The van der Waals surface area contributed by atoms with Gasteiger partial charge in [0.15, 0.2) is 0 Å². The molecule has 0 bridgehead atoms. The predicted molar refractivity (Wildman–Crippen MR) is 107 cm³/mol. The normalized spacial score (nSPS) is 10.3. The molecular formula is C21H16ClNO6. The largest absolute Gasteiger partial charge is 0.489 e. The van der Waals surface area contributed by atoms with Gasteiger partial charge in [-0.2, -0.15) is 0 Å². The summed E-state index contributed by atoms with van der Waals surface area (Å²) in [6.45, 7) is 0.387. The number of nitro groups is 1. The van der Waals surface area contributed by atoms with E-state index in [-0.39, 0.29) is 11.3 Å². The van der Waals surface area contributed by atoms with Gasteiger partial charge in [-0.15, -0.1) is 0 Å². The van der Waals surface area contributed by atoms with Crippen LogP contribution in [-0.2, 0) is 11.3 Å². The maximum absolute atomic E-state index is 11.6. The molecule has 3 aromatic rings. The van der Waals surface area contributed by atoms with Crippen molar-refractivity contribution < 1.29 is 23.9 Å². The van der Waals surface area contributed by atoms with Crippen LogP contribution in [0.1, 0.15) is 15.9 Å². The lowest BCUT2D eigenvalue weighted by molar-refractivity contribution is -0.385. The Labute approximate surface area is 171 Å². The van der Waals surface area contributed by atoms with Crippen LogP contribution in [0.25, 0.3) is 0 Å². The van der Waals surface area contributed by atoms with E-state index < -0.39 is 16.6 Å². The molecule has 0 aliphatic carbocycles. The molecule has 0 aromatic heterocycles. The minimum atomic E-state index is -0.787. The van der Waals surface area contributed by atoms with Crippen molar-refractivity contribution in [1.82, 2.24) is 0 Å². The molecule has 0 N–H and O–H groups in total. The first kappa shape index (κ1) is 20.2. The van der Waals surface area contributed by atoms with Gasteiger partial charge in [-0.1, -0.05) is 23.7 Å². The molecule has 0 saturated carbocycles.